The van der Waals surface area contributed by atoms with Gasteiger partial charge in [-0.05, 0) is 29.5 Å². The van der Waals surface area contributed by atoms with Gasteiger partial charge in [-0.25, -0.2) is 4.79 Å². The van der Waals surface area contributed by atoms with E-state index in [0.717, 1.165) is 16.9 Å². The fourth-order valence-electron chi connectivity index (χ4n) is 1.92. The van der Waals surface area contributed by atoms with E-state index in [-0.39, 0.29) is 0 Å². The minimum absolute atomic E-state index is 0.365. The van der Waals surface area contributed by atoms with Crippen LogP contribution in [0.1, 0.15) is 29.8 Å². The fraction of sp³-hybridized carbons (Fsp3) is 0.267. The fourth-order valence-corrected chi connectivity index (χ4v) is 2.80. The number of aromatic carboxylic acids is 1. The number of hydrogen-bond donors (Lipinski definition) is 1. The van der Waals surface area contributed by atoms with Gasteiger partial charge in [0.05, 0.1) is 5.56 Å². The molecule has 0 radical (unpaired) electrons. The summed E-state index contributed by atoms with van der Waals surface area (Å²) in [5.74, 6) is -0.242. The largest absolute Gasteiger partial charge is 0.478 e. The number of hydrogen-bond acceptors (Lipinski definition) is 2. The van der Waals surface area contributed by atoms with Gasteiger partial charge in [-0.15, -0.1) is 11.3 Å². The zero-order valence-electron chi connectivity index (χ0n) is 10.5. The van der Waals surface area contributed by atoms with Crippen molar-refractivity contribution in [3.63, 3.8) is 0 Å². The average Bonchev–Trinajstić information content (AvgIpc) is 2.77. The standard InChI is InChI=1S/C15H16O2S/c1-10(2)6-11-4-3-5-12(7-11)14-8-13(9-18-14)15(16)17/h3-5,7-10H,6H2,1-2H3,(H,16,17). The summed E-state index contributed by atoms with van der Waals surface area (Å²) in [6.07, 6.45) is 1.05. The zero-order chi connectivity index (χ0) is 13.1. The summed E-state index contributed by atoms with van der Waals surface area (Å²) in [5, 5.41) is 10.6. The van der Waals surface area contributed by atoms with E-state index in [1.807, 2.05) is 12.1 Å². The first-order valence-corrected chi connectivity index (χ1v) is 6.85. The predicted molar refractivity (Wildman–Crippen MR) is 75.3 cm³/mol. The SMILES string of the molecule is CC(C)Cc1cccc(-c2cc(C(=O)O)cs2)c1. The van der Waals surface area contributed by atoms with Crippen LogP contribution < -0.4 is 0 Å². The molecule has 2 aromatic rings. The van der Waals surface area contributed by atoms with Crippen molar-refractivity contribution in [3.05, 3.63) is 46.8 Å². The van der Waals surface area contributed by atoms with Crippen molar-refractivity contribution in [1.29, 1.82) is 0 Å². The Labute approximate surface area is 111 Å². The molecular weight excluding hydrogens is 244 g/mol. The smallest absolute Gasteiger partial charge is 0.336 e. The predicted octanol–water partition coefficient (Wildman–Crippen LogP) is 4.31. The molecule has 1 aromatic heterocycles. The molecule has 1 aromatic carbocycles. The Balaban J connectivity index is 2.29. The van der Waals surface area contributed by atoms with E-state index in [2.05, 4.69) is 26.0 Å². The number of rotatable bonds is 4. The van der Waals surface area contributed by atoms with Crippen molar-refractivity contribution in [3.8, 4) is 10.4 Å². The highest BCUT2D eigenvalue weighted by molar-refractivity contribution is 7.13. The molecule has 94 valence electrons. The topological polar surface area (TPSA) is 37.3 Å². The molecule has 0 fully saturated rings. The Morgan fingerprint density at radius 2 is 2.11 bits per heavy atom. The lowest BCUT2D eigenvalue weighted by Gasteiger charge is -2.06. The lowest BCUT2D eigenvalue weighted by atomic mass is 10.0. The number of benzene rings is 1. The molecule has 0 atom stereocenters. The highest BCUT2D eigenvalue weighted by atomic mass is 32.1. The van der Waals surface area contributed by atoms with Crippen LogP contribution >= 0.6 is 11.3 Å². The third-order valence-corrected chi connectivity index (χ3v) is 3.68. The minimum atomic E-state index is -0.865. The highest BCUT2D eigenvalue weighted by Gasteiger charge is 2.08. The molecular formula is C15H16O2S. The monoisotopic (exact) mass is 260 g/mol. The van der Waals surface area contributed by atoms with Crippen molar-refractivity contribution >= 4 is 17.3 Å². The van der Waals surface area contributed by atoms with Gasteiger partial charge in [-0.2, -0.15) is 0 Å². The molecule has 2 rings (SSSR count). The molecule has 2 nitrogen and oxygen atoms in total. The summed E-state index contributed by atoms with van der Waals surface area (Å²) in [6.45, 7) is 4.39. The van der Waals surface area contributed by atoms with E-state index in [9.17, 15) is 4.79 Å². The van der Waals surface area contributed by atoms with Gasteiger partial charge in [-0.1, -0.05) is 38.1 Å². The molecule has 3 heteroatoms. The number of carboxylic acid groups (broad SMARTS) is 1. The second-order valence-electron chi connectivity index (χ2n) is 4.80. The van der Waals surface area contributed by atoms with Crippen LogP contribution in [-0.2, 0) is 6.42 Å². The van der Waals surface area contributed by atoms with Crippen molar-refractivity contribution in [2.75, 3.05) is 0 Å². The normalized spacial score (nSPS) is 10.8. The molecule has 0 bridgehead atoms. The molecule has 0 spiro atoms. The quantitative estimate of drug-likeness (QED) is 0.889. The molecule has 0 unspecified atom stereocenters. The molecule has 0 aliphatic heterocycles. The van der Waals surface area contributed by atoms with Crippen LogP contribution in [0.3, 0.4) is 0 Å². The van der Waals surface area contributed by atoms with Crippen LogP contribution in [0.2, 0.25) is 0 Å². The van der Waals surface area contributed by atoms with Gasteiger partial charge in [0, 0.05) is 10.3 Å². The molecule has 0 amide bonds. The third-order valence-electron chi connectivity index (χ3n) is 2.70. The van der Waals surface area contributed by atoms with Gasteiger partial charge in [-0.3, -0.25) is 0 Å². The highest BCUT2D eigenvalue weighted by Crippen LogP contribution is 2.28. The van der Waals surface area contributed by atoms with Crippen molar-refractivity contribution in [1.82, 2.24) is 0 Å². The van der Waals surface area contributed by atoms with Gasteiger partial charge in [0.2, 0.25) is 0 Å². The van der Waals surface area contributed by atoms with Crippen LogP contribution in [0.4, 0.5) is 0 Å². The van der Waals surface area contributed by atoms with Crippen molar-refractivity contribution in [2.45, 2.75) is 20.3 Å². The molecule has 18 heavy (non-hydrogen) atoms. The van der Waals surface area contributed by atoms with Gasteiger partial charge in [0.15, 0.2) is 0 Å². The van der Waals surface area contributed by atoms with Crippen LogP contribution in [-0.4, -0.2) is 11.1 Å². The molecule has 1 heterocycles. The maximum absolute atomic E-state index is 10.9. The summed E-state index contributed by atoms with van der Waals surface area (Å²) in [7, 11) is 0. The second kappa shape index (κ2) is 5.36. The van der Waals surface area contributed by atoms with Gasteiger partial charge >= 0.3 is 5.97 Å². The molecule has 0 saturated heterocycles. The Morgan fingerprint density at radius 1 is 1.33 bits per heavy atom. The third kappa shape index (κ3) is 2.99. The maximum Gasteiger partial charge on any atom is 0.336 e. The summed E-state index contributed by atoms with van der Waals surface area (Å²) < 4.78 is 0. The Morgan fingerprint density at radius 3 is 2.72 bits per heavy atom. The van der Waals surface area contributed by atoms with E-state index in [4.69, 9.17) is 5.11 Å². The van der Waals surface area contributed by atoms with Gasteiger partial charge < -0.3 is 5.11 Å². The van der Waals surface area contributed by atoms with Crippen molar-refractivity contribution < 1.29 is 9.90 Å². The second-order valence-corrected chi connectivity index (χ2v) is 5.71. The lowest BCUT2D eigenvalue weighted by Crippen LogP contribution is -1.94. The van der Waals surface area contributed by atoms with Crippen LogP contribution in [0.15, 0.2) is 35.7 Å². The first-order valence-electron chi connectivity index (χ1n) is 5.97. The van der Waals surface area contributed by atoms with Crippen LogP contribution in [0, 0.1) is 5.92 Å². The average molecular weight is 260 g/mol. The number of carbonyl (C=O) groups is 1. The molecule has 0 aliphatic carbocycles. The van der Waals surface area contributed by atoms with E-state index < -0.39 is 5.97 Å². The van der Waals surface area contributed by atoms with Crippen LogP contribution in [0.5, 0.6) is 0 Å². The minimum Gasteiger partial charge on any atom is -0.478 e. The molecule has 0 saturated carbocycles. The summed E-state index contributed by atoms with van der Waals surface area (Å²) in [6, 6.07) is 10.1. The van der Waals surface area contributed by atoms with E-state index in [1.54, 1.807) is 11.4 Å². The van der Waals surface area contributed by atoms with Crippen molar-refractivity contribution in [2.24, 2.45) is 5.92 Å². The number of thiophene rings is 1. The first kappa shape index (κ1) is 12.8. The van der Waals surface area contributed by atoms with E-state index in [0.29, 0.717) is 11.5 Å². The summed E-state index contributed by atoms with van der Waals surface area (Å²) in [4.78, 5) is 11.9. The molecule has 0 aliphatic rings. The van der Waals surface area contributed by atoms with E-state index in [1.165, 1.54) is 16.9 Å². The Hall–Kier alpha value is -1.61. The summed E-state index contributed by atoms with van der Waals surface area (Å²) >= 11 is 1.48. The first-order chi connectivity index (χ1) is 8.56. The van der Waals surface area contributed by atoms with Gasteiger partial charge in [0.1, 0.15) is 0 Å². The van der Waals surface area contributed by atoms with Gasteiger partial charge in [0.25, 0.3) is 0 Å². The zero-order valence-corrected chi connectivity index (χ0v) is 11.3. The number of carboxylic acids is 1. The van der Waals surface area contributed by atoms with Crippen LogP contribution in [0.25, 0.3) is 10.4 Å². The van der Waals surface area contributed by atoms with E-state index >= 15 is 0 Å². The lowest BCUT2D eigenvalue weighted by molar-refractivity contribution is 0.0697. The Bertz CT molecular complexity index is 555. The summed E-state index contributed by atoms with van der Waals surface area (Å²) in [5.41, 5.74) is 2.77. The Kier molecular flexibility index (Phi) is 3.82. The maximum atomic E-state index is 10.9. The molecule has 1 N–H and O–H groups in total.